The Morgan fingerprint density at radius 3 is 2.62 bits per heavy atom. The maximum Gasteiger partial charge on any atom is 0.313 e. The van der Waals surface area contributed by atoms with Crippen LogP contribution >= 0.6 is 0 Å². The van der Waals surface area contributed by atoms with E-state index in [0.717, 1.165) is 52.7 Å². The molecule has 3 aliphatic rings. The molecule has 8 nitrogen and oxygen atoms in total. The van der Waals surface area contributed by atoms with Crippen LogP contribution in [-0.4, -0.2) is 39.7 Å². The van der Waals surface area contributed by atoms with Crippen molar-refractivity contribution in [1.82, 2.24) is 14.9 Å². The van der Waals surface area contributed by atoms with Gasteiger partial charge in [-0.3, -0.25) is 14.4 Å². The third kappa shape index (κ3) is 3.92. The average molecular weight is 508 g/mol. The quantitative estimate of drug-likeness (QED) is 0.404. The zero-order valence-corrected chi connectivity index (χ0v) is 21.4. The number of aliphatic hydroxyl groups excluding tert-OH is 1. The molecule has 9 heteroatoms. The molecule has 2 atom stereocenters. The van der Waals surface area contributed by atoms with E-state index < -0.39 is 12.0 Å². The number of aliphatic hydroxyl groups is 1. The van der Waals surface area contributed by atoms with Crippen LogP contribution in [-0.2, 0) is 40.3 Å². The smallest absolute Gasteiger partial charge is 0.313 e. The minimum absolute atomic E-state index is 0.0247. The summed E-state index contributed by atoms with van der Waals surface area (Å²) in [5.41, 5.74) is 7.36. The first-order valence-electron chi connectivity index (χ1n) is 12.6. The number of likely N-dealkylation sites (N-methyl/N-ethyl adjacent to an activating group) is 1. The first kappa shape index (κ1) is 25.1. The summed E-state index contributed by atoms with van der Waals surface area (Å²) in [6.45, 7) is 5.66. The van der Waals surface area contributed by atoms with E-state index >= 15 is 0 Å². The summed E-state index contributed by atoms with van der Waals surface area (Å²) < 4.78 is 21.6. The van der Waals surface area contributed by atoms with E-state index in [9.17, 15) is 18.8 Å². The van der Waals surface area contributed by atoms with E-state index in [1.807, 2.05) is 19.9 Å². The lowest BCUT2D eigenvalue weighted by Gasteiger charge is -2.24. The van der Waals surface area contributed by atoms with E-state index in [0.29, 0.717) is 29.6 Å². The molecule has 0 fully saturated rings. The molecule has 1 amide bonds. The molecule has 2 N–H and O–H groups in total. The Balaban J connectivity index is 0.000000355. The van der Waals surface area contributed by atoms with Crippen molar-refractivity contribution in [3.8, 4) is 11.4 Å². The van der Waals surface area contributed by atoms with Gasteiger partial charge in [0.25, 0.3) is 5.56 Å². The number of benzene rings is 1. The Hall–Kier alpha value is -3.59. The number of nitrogens with one attached hydrogen (secondary N) is 1. The number of ether oxygens (including phenoxy) is 1. The van der Waals surface area contributed by atoms with Gasteiger partial charge in [-0.15, -0.1) is 0 Å². The maximum atomic E-state index is 14.6. The lowest BCUT2D eigenvalue weighted by atomic mass is 9.84. The van der Waals surface area contributed by atoms with Crippen LogP contribution < -0.4 is 10.9 Å². The van der Waals surface area contributed by atoms with Crippen LogP contribution in [0, 0.1) is 12.7 Å². The minimum atomic E-state index is -0.884. The minimum Gasteiger partial charge on any atom is -0.460 e. The Morgan fingerprint density at radius 2 is 1.97 bits per heavy atom. The third-order valence-corrected chi connectivity index (χ3v) is 7.72. The maximum absolute atomic E-state index is 14.6. The summed E-state index contributed by atoms with van der Waals surface area (Å²) in [6, 6.07) is 3.46. The Labute approximate surface area is 213 Å². The van der Waals surface area contributed by atoms with Crippen LogP contribution in [0.4, 0.5) is 4.39 Å². The molecule has 4 heterocycles. The van der Waals surface area contributed by atoms with Crippen LogP contribution in [0.3, 0.4) is 0 Å². The first-order valence-corrected chi connectivity index (χ1v) is 12.6. The fourth-order valence-electron chi connectivity index (χ4n) is 5.75. The number of esters is 1. The van der Waals surface area contributed by atoms with E-state index in [1.165, 1.54) is 25.6 Å². The number of halogens is 1. The van der Waals surface area contributed by atoms with Gasteiger partial charge in [-0.1, -0.05) is 6.92 Å². The summed E-state index contributed by atoms with van der Waals surface area (Å²) in [4.78, 5) is 40.6. The number of carbonyl (C=O) groups is 2. The van der Waals surface area contributed by atoms with Crippen molar-refractivity contribution in [3.63, 3.8) is 0 Å². The van der Waals surface area contributed by atoms with Gasteiger partial charge in [-0.05, 0) is 67.9 Å². The Bertz CT molecular complexity index is 1530. The molecular weight excluding hydrogens is 477 g/mol. The van der Waals surface area contributed by atoms with Crippen molar-refractivity contribution in [1.29, 1.82) is 0 Å². The molecule has 194 valence electrons. The average Bonchev–Trinajstić information content (AvgIpc) is 3.26. The van der Waals surface area contributed by atoms with Gasteiger partial charge in [-0.25, -0.2) is 9.37 Å². The number of aryl methyl sites for hydroxylation is 2. The molecule has 3 aromatic rings. The predicted molar refractivity (Wildman–Crippen MR) is 136 cm³/mol. The first-order chi connectivity index (χ1) is 17.7. The number of rotatable bonds is 2. The number of nitrogens with zero attached hydrogens (tertiary/aromatic N) is 2. The number of fused-ring (bicyclic) bond motifs is 5. The zero-order valence-electron chi connectivity index (χ0n) is 21.4. The predicted octanol–water partition coefficient (Wildman–Crippen LogP) is 3.03. The van der Waals surface area contributed by atoms with Crippen LogP contribution in [0.15, 0.2) is 16.9 Å². The molecular formula is C28H30FN3O5. The van der Waals surface area contributed by atoms with Gasteiger partial charge >= 0.3 is 5.97 Å². The van der Waals surface area contributed by atoms with Crippen LogP contribution in [0.2, 0.25) is 0 Å². The SMILES string of the molecule is CCC1C(=O)OCc2c1cc1n(c2=O)Cc2c-1nc1cc(F)c(C)c3c1c2CCC3.CNC(=O)C(C)O. The zero-order chi connectivity index (χ0) is 26.6. The van der Waals surface area contributed by atoms with Gasteiger partial charge in [0.1, 0.15) is 18.5 Å². The standard InChI is InChI=1S/C24H21FN2O3.C4H9NO2/c1-3-12-15-7-20-22-16(9-27(20)23(28)17(15)10-30-24(12)29)14-6-4-5-13-11(2)18(25)8-19(26-22)21(13)14;1-3(6)4(7)5-2/h7-8,12H,3-6,9-10H2,1-2H3;3,6H,1-2H3,(H,5,7). The monoisotopic (exact) mass is 507 g/mol. The van der Waals surface area contributed by atoms with Crippen LogP contribution in [0.5, 0.6) is 0 Å². The number of carbonyl (C=O) groups excluding carboxylic acids is 2. The lowest BCUT2D eigenvalue weighted by molar-refractivity contribution is -0.148. The fourth-order valence-corrected chi connectivity index (χ4v) is 5.75. The molecule has 0 bridgehead atoms. The number of pyridine rings is 2. The molecule has 37 heavy (non-hydrogen) atoms. The summed E-state index contributed by atoms with van der Waals surface area (Å²) in [5, 5.41) is 11.7. The number of cyclic esters (lactones) is 1. The van der Waals surface area contributed by atoms with Crippen molar-refractivity contribution in [3.05, 3.63) is 61.7 Å². The molecule has 0 spiro atoms. The second-order valence-corrected chi connectivity index (χ2v) is 9.84. The highest BCUT2D eigenvalue weighted by Gasteiger charge is 2.35. The van der Waals surface area contributed by atoms with Gasteiger partial charge < -0.3 is 19.7 Å². The van der Waals surface area contributed by atoms with Crippen LogP contribution in [0.1, 0.15) is 66.0 Å². The third-order valence-electron chi connectivity index (χ3n) is 7.72. The molecule has 6 rings (SSSR count). The van der Waals surface area contributed by atoms with Crippen LogP contribution in [0.25, 0.3) is 22.3 Å². The molecule has 0 radical (unpaired) electrons. The van der Waals surface area contributed by atoms with E-state index in [2.05, 4.69) is 5.32 Å². The molecule has 0 saturated heterocycles. The number of hydrogen-bond donors (Lipinski definition) is 2. The van der Waals surface area contributed by atoms with Crippen molar-refractivity contribution < 1.29 is 23.8 Å². The van der Waals surface area contributed by atoms with Crippen molar-refractivity contribution in [2.24, 2.45) is 0 Å². The topological polar surface area (TPSA) is 111 Å². The number of aromatic nitrogens is 2. The molecule has 2 aromatic heterocycles. The highest BCUT2D eigenvalue weighted by atomic mass is 19.1. The summed E-state index contributed by atoms with van der Waals surface area (Å²) >= 11 is 0. The molecule has 1 aliphatic carbocycles. The van der Waals surface area contributed by atoms with Crippen molar-refractivity contribution in [2.45, 2.75) is 71.6 Å². The summed E-state index contributed by atoms with van der Waals surface area (Å²) in [6.07, 6.45) is 2.41. The molecule has 2 unspecified atom stereocenters. The van der Waals surface area contributed by atoms with Gasteiger partial charge in [-0.2, -0.15) is 0 Å². The largest absolute Gasteiger partial charge is 0.460 e. The summed E-state index contributed by atoms with van der Waals surface area (Å²) in [7, 11) is 1.48. The lowest BCUT2D eigenvalue weighted by Crippen LogP contribution is -2.32. The highest BCUT2D eigenvalue weighted by Crippen LogP contribution is 2.42. The van der Waals surface area contributed by atoms with E-state index in [1.54, 1.807) is 4.57 Å². The van der Waals surface area contributed by atoms with E-state index in [-0.39, 0.29) is 29.9 Å². The van der Waals surface area contributed by atoms with E-state index in [4.69, 9.17) is 14.8 Å². The fraction of sp³-hybridized carbons (Fsp3) is 0.429. The summed E-state index contributed by atoms with van der Waals surface area (Å²) in [5.74, 6) is -1.29. The Morgan fingerprint density at radius 1 is 1.24 bits per heavy atom. The highest BCUT2D eigenvalue weighted by molar-refractivity contribution is 5.92. The second-order valence-electron chi connectivity index (χ2n) is 9.84. The van der Waals surface area contributed by atoms with Gasteiger partial charge in [0, 0.05) is 24.1 Å². The van der Waals surface area contributed by atoms with Gasteiger partial charge in [0.2, 0.25) is 5.91 Å². The molecule has 0 saturated carbocycles. The molecule has 2 aliphatic heterocycles. The normalized spacial score (nSPS) is 17.7. The second kappa shape index (κ2) is 9.37. The van der Waals surface area contributed by atoms with Crippen molar-refractivity contribution in [2.75, 3.05) is 7.05 Å². The number of amides is 1. The Kier molecular flexibility index (Phi) is 6.35. The molecule has 1 aromatic carbocycles. The van der Waals surface area contributed by atoms with Gasteiger partial charge in [0.15, 0.2) is 0 Å². The van der Waals surface area contributed by atoms with Gasteiger partial charge in [0.05, 0.1) is 34.9 Å². The van der Waals surface area contributed by atoms with Crippen molar-refractivity contribution >= 4 is 22.8 Å². The number of hydrogen-bond acceptors (Lipinski definition) is 6.